The van der Waals surface area contributed by atoms with Crippen LogP contribution in [0.4, 0.5) is 0 Å². The smallest absolute Gasteiger partial charge is 0.354 e. The maximum Gasteiger partial charge on any atom is 0.354 e. The Morgan fingerprint density at radius 2 is 1.92 bits per heavy atom. The molecule has 1 atom stereocenters. The first-order valence-corrected chi connectivity index (χ1v) is 8.06. The van der Waals surface area contributed by atoms with E-state index in [0.29, 0.717) is 18.7 Å². The second-order valence-electron chi connectivity index (χ2n) is 6.68. The Hall–Kier alpha value is -2.73. The minimum Gasteiger partial charge on any atom is -0.477 e. The molecule has 1 saturated heterocycles. The minimum atomic E-state index is -1.12. The number of nitrogens with zero attached hydrogens (tertiary/aromatic N) is 2. The highest BCUT2D eigenvalue weighted by Gasteiger charge is 2.39. The predicted molar refractivity (Wildman–Crippen MR) is 91.4 cm³/mol. The fourth-order valence-corrected chi connectivity index (χ4v) is 2.88. The zero-order valence-electron chi connectivity index (χ0n) is 14.2. The number of aromatic nitrogens is 1. The van der Waals surface area contributed by atoms with Gasteiger partial charge < -0.3 is 14.7 Å². The molecule has 1 aliphatic rings. The van der Waals surface area contributed by atoms with Gasteiger partial charge in [0.05, 0.1) is 24.3 Å². The largest absolute Gasteiger partial charge is 0.477 e. The summed E-state index contributed by atoms with van der Waals surface area (Å²) in [6, 6.07) is 12.6. The molecule has 1 amide bonds. The van der Waals surface area contributed by atoms with Gasteiger partial charge in [0.25, 0.3) is 5.91 Å². The standard InChI is InChI=1S/C19H20N2O4/c1-19(2)12-25-16(13-6-4-3-5-7-13)11-21(19)17(22)14-8-9-15(18(23)24)20-10-14/h3-10,16H,11-12H2,1-2H3,(H,23,24). The van der Waals surface area contributed by atoms with E-state index in [0.717, 1.165) is 5.56 Å². The lowest BCUT2D eigenvalue weighted by Crippen LogP contribution is -2.56. The van der Waals surface area contributed by atoms with E-state index in [1.54, 1.807) is 4.90 Å². The Morgan fingerprint density at radius 3 is 2.52 bits per heavy atom. The van der Waals surface area contributed by atoms with Crippen LogP contribution in [-0.4, -0.2) is 45.6 Å². The Balaban J connectivity index is 1.84. The molecule has 6 heteroatoms. The number of ether oxygens (including phenoxy) is 1. The first kappa shape index (κ1) is 17.1. The number of morpholine rings is 1. The third-order valence-corrected chi connectivity index (χ3v) is 4.36. The van der Waals surface area contributed by atoms with E-state index in [-0.39, 0.29) is 17.7 Å². The highest BCUT2D eigenvalue weighted by molar-refractivity contribution is 5.95. The predicted octanol–water partition coefficient (Wildman–Crippen LogP) is 2.77. The number of aromatic carboxylic acids is 1. The molecule has 0 aliphatic carbocycles. The molecule has 2 aromatic rings. The third-order valence-electron chi connectivity index (χ3n) is 4.36. The molecule has 0 bridgehead atoms. The first-order valence-electron chi connectivity index (χ1n) is 8.06. The summed E-state index contributed by atoms with van der Waals surface area (Å²) in [6.45, 7) is 4.74. The number of amides is 1. The minimum absolute atomic E-state index is 0.0834. The van der Waals surface area contributed by atoms with Gasteiger partial charge in [-0.25, -0.2) is 9.78 Å². The second-order valence-corrected chi connectivity index (χ2v) is 6.68. The molecule has 1 N–H and O–H groups in total. The molecule has 25 heavy (non-hydrogen) atoms. The van der Waals surface area contributed by atoms with Crippen molar-refractivity contribution in [3.05, 3.63) is 65.5 Å². The Morgan fingerprint density at radius 1 is 1.20 bits per heavy atom. The molecular formula is C19H20N2O4. The van der Waals surface area contributed by atoms with Gasteiger partial charge in [-0.2, -0.15) is 0 Å². The average molecular weight is 340 g/mol. The number of carbonyl (C=O) groups is 2. The first-order chi connectivity index (χ1) is 11.9. The van der Waals surface area contributed by atoms with Crippen LogP contribution in [0.2, 0.25) is 0 Å². The molecule has 1 aromatic carbocycles. The van der Waals surface area contributed by atoms with Crippen LogP contribution in [0.1, 0.15) is 46.4 Å². The highest BCUT2D eigenvalue weighted by atomic mass is 16.5. The SMILES string of the molecule is CC1(C)COC(c2ccccc2)CN1C(=O)c1ccc(C(=O)O)nc1. The molecule has 1 aliphatic heterocycles. The number of rotatable bonds is 3. The summed E-state index contributed by atoms with van der Waals surface area (Å²) < 4.78 is 5.96. The average Bonchev–Trinajstić information content (AvgIpc) is 2.62. The Kier molecular flexibility index (Phi) is 4.55. The summed E-state index contributed by atoms with van der Waals surface area (Å²) >= 11 is 0. The van der Waals surface area contributed by atoms with Crippen molar-refractivity contribution in [2.75, 3.05) is 13.2 Å². The highest BCUT2D eigenvalue weighted by Crippen LogP contribution is 2.31. The van der Waals surface area contributed by atoms with Crippen LogP contribution in [0.5, 0.6) is 0 Å². The van der Waals surface area contributed by atoms with Gasteiger partial charge in [-0.1, -0.05) is 30.3 Å². The monoisotopic (exact) mass is 340 g/mol. The van der Waals surface area contributed by atoms with Gasteiger partial charge in [-0.15, -0.1) is 0 Å². The third kappa shape index (κ3) is 3.53. The van der Waals surface area contributed by atoms with Gasteiger partial charge >= 0.3 is 5.97 Å². The number of benzene rings is 1. The summed E-state index contributed by atoms with van der Waals surface area (Å²) in [4.78, 5) is 29.5. The van der Waals surface area contributed by atoms with Crippen LogP contribution >= 0.6 is 0 Å². The molecule has 0 saturated carbocycles. The molecule has 3 rings (SSSR count). The van der Waals surface area contributed by atoms with E-state index < -0.39 is 11.5 Å². The molecule has 1 fully saturated rings. The van der Waals surface area contributed by atoms with Crippen molar-refractivity contribution in [3.8, 4) is 0 Å². The van der Waals surface area contributed by atoms with Gasteiger partial charge in [0.2, 0.25) is 0 Å². The maximum absolute atomic E-state index is 13.0. The Bertz CT molecular complexity index is 772. The van der Waals surface area contributed by atoms with Gasteiger partial charge in [-0.05, 0) is 31.5 Å². The second kappa shape index (κ2) is 6.64. The summed E-state index contributed by atoms with van der Waals surface area (Å²) in [7, 11) is 0. The van der Waals surface area contributed by atoms with Crippen molar-refractivity contribution >= 4 is 11.9 Å². The van der Waals surface area contributed by atoms with Gasteiger partial charge in [0.15, 0.2) is 0 Å². The fraction of sp³-hybridized carbons (Fsp3) is 0.316. The number of hydrogen-bond acceptors (Lipinski definition) is 4. The Labute approximate surface area is 146 Å². The molecule has 0 radical (unpaired) electrons. The molecular weight excluding hydrogens is 320 g/mol. The summed E-state index contributed by atoms with van der Waals surface area (Å²) in [5.74, 6) is -1.30. The summed E-state index contributed by atoms with van der Waals surface area (Å²) in [5.41, 5.74) is 0.843. The lowest BCUT2D eigenvalue weighted by molar-refractivity contribution is -0.0846. The van der Waals surface area contributed by atoms with E-state index in [4.69, 9.17) is 9.84 Å². The summed E-state index contributed by atoms with van der Waals surface area (Å²) in [5, 5.41) is 8.93. The fourth-order valence-electron chi connectivity index (χ4n) is 2.88. The van der Waals surface area contributed by atoms with Crippen molar-refractivity contribution in [1.82, 2.24) is 9.88 Å². The van der Waals surface area contributed by atoms with Crippen molar-refractivity contribution in [3.63, 3.8) is 0 Å². The van der Waals surface area contributed by atoms with Crippen LogP contribution in [0.15, 0.2) is 48.7 Å². The van der Waals surface area contributed by atoms with Gasteiger partial charge in [0.1, 0.15) is 11.8 Å². The van der Waals surface area contributed by atoms with Crippen molar-refractivity contribution in [1.29, 1.82) is 0 Å². The van der Waals surface area contributed by atoms with Crippen LogP contribution in [0.25, 0.3) is 0 Å². The summed E-state index contributed by atoms with van der Waals surface area (Å²) in [6.07, 6.45) is 1.12. The number of carboxylic acids is 1. The van der Waals surface area contributed by atoms with Crippen LogP contribution in [0.3, 0.4) is 0 Å². The van der Waals surface area contributed by atoms with E-state index in [1.807, 2.05) is 44.2 Å². The topological polar surface area (TPSA) is 79.7 Å². The van der Waals surface area contributed by atoms with Crippen LogP contribution < -0.4 is 0 Å². The lowest BCUT2D eigenvalue weighted by atomic mass is 9.97. The molecule has 130 valence electrons. The molecule has 1 unspecified atom stereocenters. The zero-order chi connectivity index (χ0) is 18.0. The van der Waals surface area contributed by atoms with E-state index >= 15 is 0 Å². The van der Waals surface area contributed by atoms with Crippen LogP contribution in [-0.2, 0) is 4.74 Å². The van der Waals surface area contributed by atoms with Gasteiger partial charge in [-0.3, -0.25) is 4.79 Å². The number of hydrogen-bond donors (Lipinski definition) is 1. The van der Waals surface area contributed by atoms with E-state index in [1.165, 1.54) is 18.3 Å². The van der Waals surface area contributed by atoms with Crippen LogP contribution in [0, 0.1) is 0 Å². The normalized spacial score (nSPS) is 19.4. The maximum atomic E-state index is 13.0. The van der Waals surface area contributed by atoms with Crippen molar-refractivity contribution < 1.29 is 19.4 Å². The lowest BCUT2D eigenvalue weighted by Gasteiger charge is -2.45. The van der Waals surface area contributed by atoms with Crippen molar-refractivity contribution in [2.24, 2.45) is 0 Å². The van der Waals surface area contributed by atoms with Gasteiger partial charge in [0, 0.05) is 6.20 Å². The molecule has 2 heterocycles. The van der Waals surface area contributed by atoms with E-state index in [2.05, 4.69) is 4.98 Å². The number of pyridine rings is 1. The molecule has 6 nitrogen and oxygen atoms in total. The molecule has 0 spiro atoms. The zero-order valence-corrected chi connectivity index (χ0v) is 14.2. The quantitative estimate of drug-likeness (QED) is 0.929. The number of carbonyl (C=O) groups excluding carboxylic acids is 1. The van der Waals surface area contributed by atoms with Crippen molar-refractivity contribution in [2.45, 2.75) is 25.5 Å². The van der Waals surface area contributed by atoms with E-state index in [9.17, 15) is 9.59 Å². The number of carboxylic acid groups (broad SMARTS) is 1. The molecule has 1 aromatic heterocycles.